The third kappa shape index (κ3) is 11.7. The summed E-state index contributed by atoms with van der Waals surface area (Å²) < 4.78 is 10.6. The van der Waals surface area contributed by atoms with Crippen molar-refractivity contribution in [3.63, 3.8) is 0 Å². The van der Waals surface area contributed by atoms with Crippen LogP contribution in [0.3, 0.4) is 0 Å². The summed E-state index contributed by atoms with van der Waals surface area (Å²) in [6.07, 6.45) is 12.2. The second-order valence-corrected chi connectivity index (χ2v) is 8.50. The average molecular weight is 405 g/mol. The molecule has 0 aliphatic carbocycles. The normalized spacial score (nSPS) is 11.1. The molecule has 0 aliphatic rings. The third-order valence-corrected chi connectivity index (χ3v) is 4.87. The maximum atomic E-state index is 12.3. The summed E-state index contributed by atoms with van der Waals surface area (Å²) in [5, 5.41) is 0. The van der Waals surface area contributed by atoms with Gasteiger partial charge in [-0.3, -0.25) is 0 Å². The molecule has 1 rings (SSSR count). The highest BCUT2D eigenvalue weighted by Crippen LogP contribution is 2.15. The Morgan fingerprint density at radius 2 is 1.21 bits per heavy atom. The van der Waals surface area contributed by atoms with Crippen molar-refractivity contribution in [2.75, 3.05) is 6.61 Å². The number of rotatable bonds is 15. The number of benzene rings is 1. The highest BCUT2D eigenvalue weighted by Gasteiger charge is 2.19. The van der Waals surface area contributed by atoms with Crippen molar-refractivity contribution < 1.29 is 19.1 Å². The largest absolute Gasteiger partial charge is 0.462 e. The van der Waals surface area contributed by atoms with Gasteiger partial charge in [-0.25, -0.2) is 9.59 Å². The molecule has 0 aromatic heterocycles. The van der Waals surface area contributed by atoms with Gasteiger partial charge in [0.05, 0.1) is 23.8 Å². The van der Waals surface area contributed by atoms with E-state index in [1.807, 2.05) is 0 Å². The molecule has 0 atom stereocenters. The van der Waals surface area contributed by atoms with Crippen molar-refractivity contribution in [1.82, 2.24) is 0 Å². The summed E-state index contributed by atoms with van der Waals surface area (Å²) in [7, 11) is 0. The van der Waals surface area contributed by atoms with Crippen LogP contribution in [0.4, 0.5) is 0 Å². The first kappa shape index (κ1) is 25.2. The molecule has 1 aromatic carbocycles. The number of hydrogen-bond acceptors (Lipinski definition) is 4. The van der Waals surface area contributed by atoms with Gasteiger partial charge in [0.1, 0.15) is 0 Å². The minimum atomic E-state index is -0.489. The van der Waals surface area contributed by atoms with Gasteiger partial charge in [0.25, 0.3) is 0 Å². The molecule has 0 amide bonds. The topological polar surface area (TPSA) is 52.6 Å². The van der Waals surface area contributed by atoms with Gasteiger partial charge in [-0.05, 0) is 38.3 Å². The first-order valence-corrected chi connectivity index (χ1v) is 11.4. The predicted molar refractivity (Wildman–Crippen MR) is 118 cm³/mol. The third-order valence-electron chi connectivity index (χ3n) is 4.87. The van der Waals surface area contributed by atoms with Gasteiger partial charge in [0.2, 0.25) is 0 Å². The highest BCUT2D eigenvalue weighted by molar-refractivity contribution is 6.03. The van der Waals surface area contributed by atoms with Gasteiger partial charge in [0.15, 0.2) is 0 Å². The number of ether oxygens (including phenoxy) is 2. The second-order valence-electron chi connectivity index (χ2n) is 8.50. The molecule has 0 bridgehead atoms. The lowest BCUT2D eigenvalue weighted by atomic mass is 10.0. The fraction of sp³-hybridized carbons (Fsp3) is 0.680. The van der Waals surface area contributed by atoms with E-state index < -0.39 is 11.9 Å². The summed E-state index contributed by atoms with van der Waals surface area (Å²) in [5.41, 5.74) is 0.537. The molecule has 0 fully saturated rings. The fourth-order valence-electron chi connectivity index (χ4n) is 3.25. The van der Waals surface area contributed by atoms with Gasteiger partial charge < -0.3 is 9.47 Å². The van der Waals surface area contributed by atoms with Crippen LogP contribution in [0.1, 0.15) is 113 Å². The van der Waals surface area contributed by atoms with E-state index in [2.05, 4.69) is 13.8 Å². The molecule has 4 heteroatoms. The molecule has 0 saturated heterocycles. The Balaban J connectivity index is 2.15. The number of unbranched alkanes of at least 4 members (excludes halogenated alkanes) is 8. The van der Waals surface area contributed by atoms with Crippen LogP contribution in [0.5, 0.6) is 0 Å². The van der Waals surface area contributed by atoms with Crippen molar-refractivity contribution in [2.45, 2.75) is 98.0 Å². The van der Waals surface area contributed by atoms with Crippen LogP contribution in [0.15, 0.2) is 24.3 Å². The minimum Gasteiger partial charge on any atom is -0.462 e. The summed E-state index contributed by atoms with van der Waals surface area (Å²) in [4.78, 5) is 24.5. The molecule has 0 spiro atoms. The Bertz CT molecular complexity index is 592. The molecule has 4 nitrogen and oxygen atoms in total. The molecule has 164 valence electrons. The van der Waals surface area contributed by atoms with E-state index in [1.165, 1.54) is 51.4 Å². The zero-order chi connectivity index (χ0) is 21.5. The van der Waals surface area contributed by atoms with E-state index in [-0.39, 0.29) is 17.2 Å². The van der Waals surface area contributed by atoms with Crippen molar-refractivity contribution in [3.05, 3.63) is 35.4 Å². The zero-order valence-corrected chi connectivity index (χ0v) is 18.9. The first-order valence-electron chi connectivity index (χ1n) is 11.4. The van der Waals surface area contributed by atoms with E-state index in [4.69, 9.17) is 9.47 Å². The Morgan fingerprint density at radius 1 is 0.724 bits per heavy atom. The molecule has 0 heterocycles. The molecule has 0 N–H and O–H groups in total. The van der Waals surface area contributed by atoms with Gasteiger partial charge in [-0.1, -0.05) is 83.8 Å². The number of carbonyl (C=O) groups is 2. The van der Waals surface area contributed by atoms with Crippen LogP contribution >= 0.6 is 0 Å². The van der Waals surface area contributed by atoms with Crippen LogP contribution in [-0.4, -0.2) is 24.6 Å². The van der Waals surface area contributed by atoms with Crippen LogP contribution in [0.2, 0.25) is 0 Å². The van der Waals surface area contributed by atoms with Crippen LogP contribution in [0.25, 0.3) is 0 Å². The van der Waals surface area contributed by atoms with Gasteiger partial charge in [0, 0.05) is 0 Å². The van der Waals surface area contributed by atoms with Crippen molar-refractivity contribution in [1.29, 1.82) is 0 Å². The predicted octanol–water partition coefficient (Wildman–Crippen LogP) is 6.97. The van der Waals surface area contributed by atoms with E-state index in [1.54, 1.807) is 38.1 Å². The van der Waals surface area contributed by atoms with Crippen molar-refractivity contribution in [2.24, 2.45) is 5.92 Å². The zero-order valence-electron chi connectivity index (χ0n) is 18.9. The Hall–Kier alpha value is -1.84. The lowest BCUT2D eigenvalue weighted by Crippen LogP contribution is -2.17. The summed E-state index contributed by atoms with van der Waals surface area (Å²) in [6, 6.07) is 6.66. The molecule has 0 radical (unpaired) electrons. The fourth-order valence-corrected chi connectivity index (χ4v) is 3.25. The summed E-state index contributed by atoms with van der Waals surface area (Å²) in [5.74, 6) is -0.120. The Morgan fingerprint density at radius 3 is 1.72 bits per heavy atom. The first-order chi connectivity index (χ1) is 13.9. The van der Waals surface area contributed by atoms with Gasteiger partial charge in [-0.15, -0.1) is 0 Å². The van der Waals surface area contributed by atoms with Crippen LogP contribution in [-0.2, 0) is 9.47 Å². The van der Waals surface area contributed by atoms with Crippen molar-refractivity contribution in [3.8, 4) is 0 Å². The van der Waals surface area contributed by atoms with Crippen LogP contribution < -0.4 is 0 Å². The van der Waals surface area contributed by atoms with Gasteiger partial charge in [-0.2, -0.15) is 0 Å². The molecule has 0 aliphatic heterocycles. The van der Waals surface area contributed by atoms with E-state index in [9.17, 15) is 9.59 Å². The lowest BCUT2D eigenvalue weighted by molar-refractivity contribution is 0.0360. The molecular formula is C25H40O4. The molecule has 0 unspecified atom stereocenters. The maximum Gasteiger partial charge on any atom is 0.339 e. The number of hydrogen-bond donors (Lipinski definition) is 0. The summed E-state index contributed by atoms with van der Waals surface area (Å²) >= 11 is 0. The molecule has 29 heavy (non-hydrogen) atoms. The van der Waals surface area contributed by atoms with E-state index in [0.717, 1.165) is 18.8 Å². The number of esters is 2. The minimum absolute atomic E-state index is 0.230. The molecule has 0 saturated carbocycles. The van der Waals surface area contributed by atoms with Gasteiger partial charge >= 0.3 is 11.9 Å². The Labute approximate surface area is 177 Å². The van der Waals surface area contributed by atoms with E-state index in [0.29, 0.717) is 6.61 Å². The van der Waals surface area contributed by atoms with Crippen LogP contribution in [0, 0.1) is 5.92 Å². The number of carbonyl (C=O) groups excluding carboxylic acids is 2. The van der Waals surface area contributed by atoms with Crippen molar-refractivity contribution >= 4 is 11.9 Å². The smallest absolute Gasteiger partial charge is 0.339 e. The second kappa shape index (κ2) is 15.1. The molecule has 1 aromatic rings. The summed E-state index contributed by atoms with van der Waals surface area (Å²) in [6.45, 7) is 8.53. The monoisotopic (exact) mass is 404 g/mol. The Kier molecular flexibility index (Phi) is 13.1. The standard InChI is InChI=1S/C25H40O4/c1-20(2)16-12-10-8-6-5-7-9-11-15-19-28-24(26)22-17-13-14-18-23(22)25(27)29-21(3)4/h13-14,17-18,20-21H,5-12,15-16,19H2,1-4H3. The maximum absolute atomic E-state index is 12.3. The lowest BCUT2D eigenvalue weighted by Gasteiger charge is -2.11. The average Bonchev–Trinajstić information content (AvgIpc) is 2.67. The molecular weight excluding hydrogens is 364 g/mol. The quantitative estimate of drug-likeness (QED) is 0.234. The van der Waals surface area contributed by atoms with E-state index >= 15 is 0 Å². The SMILES string of the molecule is CC(C)CCCCCCCCCCCOC(=O)c1ccccc1C(=O)OC(C)C. The highest BCUT2D eigenvalue weighted by atomic mass is 16.5.